The van der Waals surface area contributed by atoms with Crippen molar-refractivity contribution in [1.29, 1.82) is 0 Å². The molecular formula is C39H46Hf. The average Bonchev–Trinajstić information content (AvgIpc) is 3.48. The Kier molecular flexibility index (Phi) is 6.73. The van der Waals surface area contributed by atoms with Crippen LogP contribution in [0.25, 0.3) is 6.08 Å². The molecule has 0 saturated heterocycles. The van der Waals surface area contributed by atoms with Gasteiger partial charge in [0, 0.05) is 0 Å². The van der Waals surface area contributed by atoms with Crippen LogP contribution in [0, 0.1) is 5.41 Å². The molecule has 0 nitrogen and oxygen atoms in total. The Morgan fingerprint density at radius 3 is 1.62 bits per heavy atom. The van der Waals surface area contributed by atoms with Gasteiger partial charge in [-0.25, -0.2) is 0 Å². The van der Waals surface area contributed by atoms with Gasteiger partial charge in [-0.15, -0.1) is 0 Å². The fourth-order valence-electron chi connectivity index (χ4n) is 8.99. The third-order valence-electron chi connectivity index (χ3n) is 11.7. The zero-order valence-electron chi connectivity index (χ0n) is 25.9. The summed E-state index contributed by atoms with van der Waals surface area (Å²) in [6, 6.07) is 28.3. The summed E-state index contributed by atoms with van der Waals surface area (Å²) in [5.41, 5.74) is 16.0. The number of benzene rings is 3. The van der Waals surface area contributed by atoms with E-state index in [2.05, 4.69) is 140 Å². The van der Waals surface area contributed by atoms with Crippen LogP contribution in [0.4, 0.5) is 0 Å². The Balaban J connectivity index is 1.67. The van der Waals surface area contributed by atoms with Gasteiger partial charge in [0.1, 0.15) is 0 Å². The molecule has 1 unspecified atom stereocenters. The second kappa shape index (κ2) is 9.65. The van der Waals surface area contributed by atoms with Crippen molar-refractivity contribution >= 4 is 6.08 Å². The topological polar surface area (TPSA) is 0 Å². The van der Waals surface area contributed by atoms with E-state index in [1.807, 2.05) is 0 Å². The summed E-state index contributed by atoms with van der Waals surface area (Å²) in [4.78, 5) is 0. The summed E-state index contributed by atoms with van der Waals surface area (Å²) < 4.78 is 2.65. The molecule has 3 aliphatic carbocycles. The maximum atomic E-state index is 2.69. The molecule has 0 amide bonds. The van der Waals surface area contributed by atoms with E-state index in [-0.39, 0.29) is 6.34 Å². The number of hydrogen-bond donors (Lipinski definition) is 0. The second-order valence-corrected chi connectivity index (χ2v) is 31.9. The first-order valence-electron chi connectivity index (χ1n) is 15.2. The van der Waals surface area contributed by atoms with Crippen molar-refractivity contribution in [2.75, 3.05) is 0 Å². The summed E-state index contributed by atoms with van der Waals surface area (Å²) in [7, 11) is 0. The van der Waals surface area contributed by atoms with Gasteiger partial charge in [-0.3, -0.25) is 0 Å². The van der Waals surface area contributed by atoms with Crippen molar-refractivity contribution in [2.24, 2.45) is 5.41 Å². The van der Waals surface area contributed by atoms with Crippen molar-refractivity contribution in [3.8, 4) is 0 Å². The third kappa shape index (κ3) is 4.01. The molecule has 0 spiro atoms. The number of fused-ring (bicyclic) bond motifs is 2. The number of allylic oxidation sites excluding steroid dienone is 5. The SMILES string of the molecule is CC1=C(C)[C](C)([Hf]([CH2]c2ccccc2)([CH2]c2ccccc2)[C]2(C)C=Cc3cc4c(cc32)CC(C)(C)C4)C(C)=C1C. The van der Waals surface area contributed by atoms with Crippen molar-refractivity contribution in [3.63, 3.8) is 0 Å². The van der Waals surface area contributed by atoms with Gasteiger partial charge < -0.3 is 0 Å². The van der Waals surface area contributed by atoms with Crippen LogP contribution in [0.5, 0.6) is 0 Å². The van der Waals surface area contributed by atoms with Gasteiger partial charge in [-0.2, -0.15) is 0 Å². The molecule has 3 aromatic carbocycles. The summed E-state index contributed by atoms with van der Waals surface area (Å²) in [5, 5.41) is 0. The Morgan fingerprint density at radius 1 is 0.650 bits per heavy atom. The molecule has 0 bridgehead atoms. The van der Waals surface area contributed by atoms with E-state index in [0.29, 0.717) is 5.41 Å². The standard InChI is InChI=1S/C15H17.C10H15.2C7H7.Hf/c1-10-4-5-11-6-12-8-15(2,3)9-13(12)7-14(10)11;1-6-7(2)9(4)10(5)8(6)3;2*1-7-5-3-2-4-6-7;/h4-7H,8-9H2,1-3H3;1-5H3;2*2-6H,1H2;. The van der Waals surface area contributed by atoms with E-state index >= 15 is 0 Å². The van der Waals surface area contributed by atoms with E-state index in [0.717, 1.165) is 0 Å². The van der Waals surface area contributed by atoms with Crippen LogP contribution >= 0.6 is 0 Å². The van der Waals surface area contributed by atoms with Crippen LogP contribution in [0.2, 0.25) is 3.17 Å². The van der Waals surface area contributed by atoms with Gasteiger partial charge in [0.25, 0.3) is 0 Å². The minimum atomic E-state index is -3.75. The molecule has 0 saturated carbocycles. The van der Waals surface area contributed by atoms with E-state index in [1.165, 1.54) is 49.0 Å². The molecule has 0 N–H and O–H groups in total. The molecule has 0 heterocycles. The van der Waals surface area contributed by atoms with Gasteiger partial charge in [-0.05, 0) is 0 Å². The molecule has 0 fully saturated rings. The first-order valence-corrected chi connectivity index (χ1v) is 23.9. The minimum absolute atomic E-state index is 0.0674. The molecule has 206 valence electrons. The maximum absolute atomic E-state index is 3.75. The average molecular weight is 693 g/mol. The zero-order chi connectivity index (χ0) is 28.5. The molecule has 0 aromatic heterocycles. The Bertz CT molecular complexity index is 1500. The van der Waals surface area contributed by atoms with Crippen LogP contribution in [0.15, 0.2) is 101 Å². The van der Waals surface area contributed by atoms with Gasteiger partial charge in [0.05, 0.1) is 0 Å². The zero-order valence-corrected chi connectivity index (χ0v) is 29.5. The predicted octanol–water partition coefficient (Wildman–Crippen LogP) is 10.5. The van der Waals surface area contributed by atoms with Gasteiger partial charge in [-0.1, -0.05) is 0 Å². The Labute approximate surface area is 247 Å². The van der Waals surface area contributed by atoms with Crippen LogP contribution in [0.3, 0.4) is 0 Å². The van der Waals surface area contributed by atoms with Crippen LogP contribution < -0.4 is 0 Å². The van der Waals surface area contributed by atoms with Gasteiger partial charge >= 0.3 is 249 Å². The van der Waals surface area contributed by atoms with E-state index in [4.69, 9.17) is 0 Å². The number of rotatable bonds is 6. The summed E-state index contributed by atoms with van der Waals surface area (Å²) >= 11 is -3.75. The Hall–Kier alpha value is -2.25. The second-order valence-electron chi connectivity index (χ2n) is 14.3. The molecule has 0 aliphatic heterocycles. The quantitative estimate of drug-likeness (QED) is 0.226. The van der Waals surface area contributed by atoms with Crippen LogP contribution in [-0.2, 0) is 44.3 Å². The normalized spacial score (nSPS) is 22.7. The molecular weight excluding hydrogens is 647 g/mol. The molecule has 1 heteroatoms. The first-order chi connectivity index (χ1) is 18.9. The fraction of sp³-hybridized carbons (Fsp3) is 0.385. The molecule has 3 aliphatic rings. The fourth-order valence-corrected chi connectivity index (χ4v) is 35.6. The van der Waals surface area contributed by atoms with Crippen molar-refractivity contribution in [3.05, 3.63) is 135 Å². The first kappa shape index (κ1) is 27.9. The molecule has 40 heavy (non-hydrogen) atoms. The molecule has 3 aromatic rings. The molecule has 1 atom stereocenters. The van der Waals surface area contributed by atoms with Crippen molar-refractivity contribution in [1.82, 2.24) is 0 Å². The third-order valence-corrected chi connectivity index (χ3v) is 37.3. The number of hydrogen-bond acceptors (Lipinski definition) is 0. The monoisotopic (exact) mass is 694 g/mol. The summed E-state index contributed by atoms with van der Waals surface area (Å²) in [6.07, 6.45) is 7.60. The van der Waals surface area contributed by atoms with Gasteiger partial charge in [0.15, 0.2) is 0 Å². The summed E-state index contributed by atoms with van der Waals surface area (Å²) in [5.74, 6) is 0. The van der Waals surface area contributed by atoms with E-state index in [1.54, 1.807) is 27.8 Å². The van der Waals surface area contributed by atoms with Crippen molar-refractivity contribution in [2.45, 2.75) is 82.9 Å². The molecule has 6 rings (SSSR count). The van der Waals surface area contributed by atoms with Crippen LogP contribution in [-0.4, -0.2) is 0 Å². The summed E-state index contributed by atoms with van der Waals surface area (Å²) in [6.45, 7) is 20.0. The van der Waals surface area contributed by atoms with Crippen LogP contribution in [0.1, 0.15) is 88.8 Å². The van der Waals surface area contributed by atoms with E-state index < -0.39 is 20.0 Å². The Morgan fingerprint density at radius 2 is 1.12 bits per heavy atom. The van der Waals surface area contributed by atoms with Gasteiger partial charge in [0.2, 0.25) is 0 Å². The van der Waals surface area contributed by atoms with E-state index in [9.17, 15) is 0 Å². The van der Waals surface area contributed by atoms with Crippen molar-refractivity contribution < 1.29 is 20.0 Å². The molecule has 0 radical (unpaired) electrons. The predicted molar refractivity (Wildman–Crippen MR) is 169 cm³/mol.